The maximum Gasteiger partial charge on any atom is 0.0822 e. The first kappa shape index (κ1) is 6.07. The summed E-state index contributed by atoms with van der Waals surface area (Å²) in [5.74, 6) is 0. The maximum absolute atomic E-state index is 3.96. The summed E-state index contributed by atoms with van der Waals surface area (Å²) in [6.45, 7) is 0. The molecule has 42 valence electrons. The van der Waals surface area contributed by atoms with Crippen LogP contribution in [-0.4, -0.2) is 9.97 Å². The molecule has 0 fully saturated rings. The molecule has 1 heterocycles. The van der Waals surface area contributed by atoms with Crippen LogP contribution in [0.2, 0.25) is 0 Å². The van der Waals surface area contributed by atoms with Crippen molar-refractivity contribution in [3.05, 3.63) is 12.4 Å². The van der Waals surface area contributed by atoms with Gasteiger partial charge in [0.2, 0.25) is 0 Å². The lowest BCUT2D eigenvalue weighted by molar-refractivity contribution is 1.29. The molecule has 1 rings (SSSR count). The SMILES string of the molecule is Pc1nccnc1P. The van der Waals surface area contributed by atoms with Gasteiger partial charge in [-0.3, -0.25) is 9.97 Å². The summed E-state index contributed by atoms with van der Waals surface area (Å²) in [5.41, 5.74) is 1.77. The quantitative estimate of drug-likeness (QED) is 0.458. The van der Waals surface area contributed by atoms with Crippen LogP contribution in [0.25, 0.3) is 0 Å². The van der Waals surface area contributed by atoms with E-state index in [9.17, 15) is 0 Å². The van der Waals surface area contributed by atoms with Gasteiger partial charge in [0.15, 0.2) is 0 Å². The van der Waals surface area contributed by atoms with Crippen molar-refractivity contribution in [2.24, 2.45) is 0 Å². The second-order valence-corrected chi connectivity index (χ2v) is 2.42. The van der Waals surface area contributed by atoms with E-state index in [1.165, 1.54) is 0 Å². The van der Waals surface area contributed by atoms with Crippen LogP contribution in [0.1, 0.15) is 0 Å². The molecular formula is C4H6N2P2. The third-order valence-corrected chi connectivity index (χ3v) is 1.98. The second-order valence-electron chi connectivity index (χ2n) is 1.33. The van der Waals surface area contributed by atoms with Crippen molar-refractivity contribution in [3.8, 4) is 0 Å². The van der Waals surface area contributed by atoms with Crippen LogP contribution in [0.15, 0.2) is 12.4 Å². The Morgan fingerprint density at radius 2 is 1.38 bits per heavy atom. The van der Waals surface area contributed by atoms with E-state index in [1.54, 1.807) is 12.4 Å². The predicted octanol–water partition coefficient (Wildman–Crippen LogP) is -0.523. The predicted molar refractivity (Wildman–Crippen MR) is 40.7 cm³/mol. The molecule has 0 spiro atoms. The average Bonchev–Trinajstić information content (AvgIpc) is 1.77. The molecule has 0 aliphatic heterocycles. The van der Waals surface area contributed by atoms with Gasteiger partial charge in [-0.05, 0) is 0 Å². The summed E-state index contributed by atoms with van der Waals surface area (Å²) in [5, 5.41) is 0. The normalized spacial score (nSPS) is 9.25. The van der Waals surface area contributed by atoms with Crippen LogP contribution in [-0.2, 0) is 0 Å². The summed E-state index contributed by atoms with van der Waals surface area (Å²) in [7, 11) is 4.98. The highest BCUT2D eigenvalue weighted by Gasteiger charge is 1.87. The monoisotopic (exact) mass is 144 g/mol. The molecule has 8 heavy (non-hydrogen) atoms. The van der Waals surface area contributed by atoms with E-state index in [-0.39, 0.29) is 0 Å². The number of hydrogen-bond acceptors (Lipinski definition) is 2. The minimum absolute atomic E-state index is 0.887. The summed E-state index contributed by atoms with van der Waals surface area (Å²) >= 11 is 0. The van der Waals surface area contributed by atoms with Gasteiger partial charge >= 0.3 is 0 Å². The van der Waals surface area contributed by atoms with Gasteiger partial charge in [-0.1, -0.05) is 18.5 Å². The van der Waals surface area contributed by atoms with E-state index in [1.807, 2.05) is 0 Å². The van der Waals surface area contributed by atoms with Crippen LogP contribution in [0.3, 0.4) is 0 Å². The number of nitrogens with zero attached hydrogens (tertiary/aromatic N) is 2. The van der Waals surface area contributed by atoms with Crippen molar-refractivity contribution < 1.29 is 0 Å². The molecule has 1 aromatic rings. The van der Waals surface area contributed by atoms with Gasteiger partial charge < -0.3 is 0 Å². The molecule has 2 unspecified atom stereocenters. The third-order valence-electron chi connectivity index (χ3n) is 0.756. The number of hydrogen-bond donors (Lipinski definition) is 0. The Morgan fingerprint density at radius 3 is 1.62 bits per heavy atom. The summed E-state index contributed by atoms with van der Waals surface area (Å²) in [6, 6.07) is 0. The van der Waals surface area contributed by atoms with E-state index in [0.717, 1.165) is 10.9 Å². The molecule has 2 atom stereocenters. The Labute approximate surface area is 52.5 Å². The Balaban J connectivity index is 3.13. The van der Waals surface area contributed by atoms with Gasteiger partial charge in [0.1, 0.15) is 0 Å². The van der Waals surface area contributed by atoms with Crippen LogP contribution < -0.4 is 10.9 Å². The van der Waals surface area contributed by atoms with Crippen molar-refractivity contribution in [2.75, 3.05) is 0 Å². The van der Waals surface area contributed by atoms with Crippen molar-refractivity contribution in [1.82, 2.24) is 9.97 Å². The Morgan fingerprint density at radius 1 is 1.00 bits per heavy atom. The average molecular weight is 144 g/mol. The largest absolute Gasteiger partial charge is 0.253 e. The first-order chi connectivity index (χ1) is 3.80. The first-order valence-corrected chi connectivity index (χ1v) is 3.28. The van der Waals surface area contributed by atoms with E-state index in [4.69, 9.17) is 0 Å². The van der Waals surface area contributed by atoms with Gasteiger partial charge in [-0.2, -0.15) is 0 Å². The Bertz CT molecular complexity index is 168. The lowest BCUT2D eigenvalue weighted by atomic mass is 10.8. The highest BCUT2D eigenvalue weighted by molar-refractivity contribution is 7.35. The van der Waals surface area contributed by atoms with Crippen molar-refractivity contribution in [2.45, 2.75) is 0 Å². The molecule has 0 aliphatic rings. The van der Waals surface area contributed by atoms with Crippen molar-refractivity contribution in [1.29, 1.82) is 0 Å². The molecule has 0 radical (unpaired) electrons. The molecule has 0 saturated heterocycles. The minimum atomic E-state index is 0.887. The molecule has 0 saturated carbocycles. The minimum Gasteiger partial charge on any atom is -0.253 e. The Kier molecular flexibility index (Phi) is 1.88. The van der Waals surface area contributed by atoms with E-state index >= 15 is 0 Å². The number of rotatable bonds is 0. The molecule has 4 heteroatoms. The van der Waals surface area contributed by atoms with Crippen molar-refractivity contribution >= 4 is 29.3 Å². The molecule has 0 bridgehead atoms. The fourth-order valence-electron chi connectivity index (χ4n) is 0.360. The summed E-state index contributed by atoms with van der Waals surface area (Å²) in [4.78, 5) is 7.92. The highest BCUT2D eigenvalue weighted by atomic mass is 31.0. The third kappa shape index (κ3) is 1.21. The molecule has 0 amide bonds. The highest BCUT2D eigenvalue weighted by Crippen LogP contribution is 1.82. The molecule has 0 aromatic carbocycles. The van der Waals surface area contributed by atoms with Crippen LogP contribution >= 0.6 is 18.5 Å². The molecule has 0 N–H and O–H groups in total. The van der Waals surface area contributed by atoms with Gasteiger partial charge in [-0.15, -0.1) is 0 Å². The van der Waals surface area contributed by atoms with E-state index < -0.39 is 0 Å². The maximum atomic E-state index is 3.96. The first-order valence-electron chi connectivity index (χ1n) is 2.12. The smallest absolute Gasteiger partial charge is 0.0822 e. The number of aromatic nitrogens is 2. The zero-order valence-electron chi connectivity index (χ0n) is 4.20. The zero-order valence-corrected chi connectivity index (χ0v) is 6.51. The summed E-state index contributed by atoms with van der Waals surface area (Å²) < 4.78 is 0. The van der Waals surface area contributed by atoms with E-state index in [2.05, 4.69) is 28.4 Å². The van der Waals surface area contributed by atoms with Crippen molar-refractivity contribution in [3.63, 3.8) is 0 Å². The lowest BCUT2D eigenvalue weighted by Gasteiger charge is -1.91. The van der Waals surface area contributed by atoms with Crippen LogP contribution in [0, 0.1) is 0 Å². The molecule has 1 aromatic heterocycles. The molecule has 2 nitrogen and oxygen atoms in total. The fraction of sp³-hybridized carbons (Fsp3) is 0. The van der Waals surface area contributed by atoms with Crippen LogP contribution in [0.4, 0.5) is 0 Å². The van der Waals surface area contributed by atoms with Gasteiger partial charge in [0.25, 0.3) is 0 Å². The van der Waals surface area contributed by atoms with Gasteiger partial charge in [-0.25, -0.2) is 0 Å². The molecular weight excluding hydrogens is 138 g/mol. The Hall–Kier alpha value is -0.0600. The van der Waals surface area contributed by atoms with Gasteiger partial charge in [0, 0.05) is 12.4 Å². The van der Waals surface area contributed by atoms with Gasteiger partial charge in [0.05, 0.1) is 10.9 Å². The van der Waals surface area contributed by atoms with Crippen LogP contribution in [0.5, 0.6) is 0 Å². The zero-order chi connectivity index (χ0) is 5.98. The summed E-state index contributed by atoms with van der Waals surface area (Å²) in [6.07, 6.45) is 3.33. The molecule has 0 aliphatic carbocycles. The topological polar surface area (TPSA) is 25.8 Å². The standard InChI is InChI=1S/C4H6N2P2/c7-3-4(8)6-2-1-5-3/h1-2H,7-8H2. The lowest BCUT2D eigenvalue weighted by Crippen LogP contribution is -2.17. The second kappa shape index (κ2) is 2.48. The fourth-order valence-corrected chi connectivity index (χ4v) is 0.681. The van der Waals surface area contributed by atoms with E-state index in [0.29, 0.717) is 0 Å².